The van der Waals surface area contributed by atoms with Crippen LogP contribution in [0.5, 0.6) is 0 Å². The van der Waals surface area contributed by atoms with Crippen molar-refractivity contribution in [1.29, 1.82) is 0 Å². The molecule has 0 aliphatic heterocycles. The average Bonchev–Trinajstić information content (AvgIpc) is 2.78. The Morgan fingerprint density at radius 1 is 1.56 bits per heavy atom. The highest BCUT2D eigenvalue weighted by atomic mass is 16.3. The van der Waals surface area contributed by atoms with Crippen LogP contribution < -0.4 is 0 Å². The number of likely N-dealkylation sites (N-methyl/N-ethyl adjacent to an activating group) is 1. The van der Waals surface area contributed by atoms with E-state index in [9.17, 15) is 4.79 Å². The Bertz CT molecular complexity index is 517. The van der Waals surface area contributed by atoms with E-state index in [0.717, 1.165) is 11.3 Å². The number of carbonyl (C=O) groups is 1. The first-order valence-corrected chi connectivity index (χ1v) is 5.91. The maximum absolute atomic E-state index is 12.0. The van der Waals surface area contributed by atoms with Crippen molar-refractivity contribution in [3.63, 3.8) is 0 Å². The van der Waals surface area contributed by atoms with Gasteiger partial charge in [-0.3, -0.25) is 4.79 Å². The van der Waals surface area contributed by atoms with Gasteiger partial charge in [0.1, 0.15) is 5.65 Å². The second-order valence-corrected chi connectivity index (χ2v) is 4.41. The second kappa shape index (κ2) is 5.18. The number of nitrogens with zero attached hydrogens (tertiary/aromatic N) is 3. The summed E-state index contributed by atoms with van der Waals surface area (Å²) in [6.07, 6.45) is 4.00. The van der Waals surface area contributed by atoms with Gasteiger partial charge in [0.25, 0.3) is 0 Å². The number of aromatic nitrogens is 2. The van der Waals surface area contributed by atoms with E-state index in [1.807, 2.05) is 41.9 Å². The van der Waals surface area contributed by atoms with Gasteiger partial charge in [0.05, 0.1) is 24.8 Å². The lowest BCUT2D eigenvalue weighted by molar-refractivity contribution is -0.131. The van der Waals surface area contributed by atoms with Crippen LogP contribution in [0.4, 0.5) is 0 Å². The fraction of sp³-hybridized carbons (Fsp3) is 0.385. The van der Waals surface area contributed by atoms with Crippen molar-refractivity contribution >= 4 is 11.6 Å². The van der Waals surface area contributed by atoms with E-state index in [1.165, 1.54) is 0 Å². The van der Waals surface area contributed by atoms with Crippen LogP contribution in [0.25, 0.3) is 5.65 Å². The quantitative estimate of drug-likeness (QED) is 0.866. The summed E-state index contributed by atoms with van der Waals surface area (Å²) in [7, 11) is 1.69. The van der Waals surface area contributed by atoms with Gasteiger partial charge in [0.2, 0.25) is 5.91 Å². The highest BCUT2D eigenvalue weighted by molar-refractivity contribution is 5.78. The molecule has 18 heavy (non-hydrogen) atoms. The number of carbonyl (C=O) groups excluding carboxylic acids is 1. The predicted octanol–water partition coefficient (Wildman–Crippen LogP) is 0.716. The third kappa shape index (κ3) is 2.51. The minimum atomic E-state index is -0.172. The number of imidazole rings is 1. The molecule has 0 aliphatic carbocycles. The van der Waals surface area contributed by atoms with E-state index >= 15 is 0 Å². The zero-order valence-corrected chi connectivity index (χ0v) is 10.6. The van der Waals surface area contributed by atoms with E-state index in [4.69, 9.17) is 5.11 Å². The van der Waals surface area contributed by atoms with Crippen molar-refractivity contribution in [3.8, 4) is 0 Å². The van der Waals surface area contributed by atoms with Gasteiger partial charge in [-0.15, -0.1) is 0 Å². The van der Waals surface area contributed by atoms with Crippen LogP contribution >= 0.6 is 0 Å². The first-order valence-electron chi connectivity index (χ1n) is 5.91. The number of pyridine rings is 1. The zero-order valence-electron chi connectivity index (χ0n) is 10.6. The molecule has 2 rings (SSSR count). The Morgan fingerprint density at radius 3 is 3.00 bits per heavy atom. The van der Waals surface area contributed by atoms with Gasteiger partial charge in [0, 0.05) is 19.4 Å². The summed E-state index contributed by atoms with van der Waals surface area (Å²) in [5.74, 6) is -0.0417. The molecule has 0 radical (unpaired) electrons. The highest BCUT2D eigenvalue weighted by Crippen LogP contribution is 2.07. The molecule has 2 aromatic heterocycles. The third-order valence-electron chi connectivity index (χ3n) is 3.07. The van der Waals surface area contributed by atoms with Gasteiger partial charge < -0.3 is 14.4 Å². The molecule has 0 saturated carbocycles. The molecule has 5 nitrogen and oxygen atoms in total. The molecular weight excluding hydrogens is 230 g/mol. The van der Waals surface area contributed by atoms with Gasteiger partial charge in [-0.1, -0.05) is 6.07 Å². The Balaban J connectivity index is 2.11. The van der Waals surface area contributed by atoms with Crippen LogP contribution in [0.1, 0.15) is 12.6 Å². The maximum atomic E-state index is 12.0. The normalized spacial score (nSPS) is 12.6. The summed E-state index contributed by atoms with van der Waals surface area (Å²) < 4.78 is 1.89. The van der Waals surface area contributed by atoms with Crippen LogP contribution in [0.3, 0.4) is 0 Å². The molecule has 1 unspecified atom stereocenters. The minimum Gasteiger partial charge on any atom is -0.394 e. The number of aliphatic hydroxyl groups excluding tert-OH is 1. The van der Waals surface area contributed by atoms with E-state index in [0.29, 0.717) is 0 Å². The smallest absolute Gasteiger partial charge is 0.228 e. The van der Waals surface area contributed by atoms with Crippen molar-refractivity contribution in [3.05, 3.63) is 36.3 Å². The fourth-order valence-corrected chi connectivity index (χ4v) is 1.72. The van der Waals surface area contributed by atoms with Crippen LogP contribution in [0, 0.1) is 0 Å². The molecule has 2 aromatic rings. The van der Waals surface area contributed by atoms with Crippen LogP contribution in [0.15, 0.2) is 30.6 Å². The van der Waals surface area contributed by atoms with Gasteiger partial charge in [-0.2, -0.15) is 0 Å². The highest BCUT2D eigenvalue weighted by Gasteiger charge is 2.16. The standard InChI is InChI=1S/C13H17N3O2/c1-10(9-17)15(2)13(18)7-11-8-16-6-4-3-5-12(16)14-11/h3-6,8,10,17H,7,9H2,1-2H3. The van der Waals surface area contributed by atoms with Gasteiger partial charge in [0.15, 0.2) is 0 Å². The molecule has 1 atom stereocenters. The lowest BCUT2D eigenvalue weighted by atomic mass is 10.2. The number of fused-ring (bicyclic) bond motifs is 1. The molecule has 5 heteroatoms. The van der Waals surface area contributed by atoms with Crippen LogP contribution in [-0.2, 0) is 11.2 Å². The summed E-state index contributed by atoms with van der Waals surface area (Å²) in [4.78, 5) is 17.9. The largest absolute Gasteiger partial charge is 0.394 e. The number of hydrogen-bond acceptors (Lipinski definition) is 3. The number of aliphatic hydroxyl groups is 1. The summed E-state index contributed by atoms with van der Waals surface area (Å²) in [6.45, 7) is 1.77. The number of hydrogen-bond donors (Lipinski definition) is 1. The molecule has 0 aromatic carbocycles. The Hall–Kier alpha value is -1.88. The fourth-order valence-electron chi connectivity index (χ4n) is 1.72. The van der Waals surface area contributed by atoms with Gasteiger partial charge in [-0.05, 0) is 19.1 Å². The van der Waals surface area contributed by atoms with E-state index in [1.54, 1.807) is 11.9 Å². The molecule has 0 spiro atoms. The minimum absolute atomic E-state index is 0.0343. The van der Waals surface area contributed by atoms with Crippen molar-refractivity contribution in [2.24, 2.45) is 0 Å². The number of amides is 1. The second-order valence-electron chi connectivity index (χ2n) is 4.41. The van der Waals surface area contributed by atoms with Crippen LogP contribution in [-0.4, -0.2) is 45.0 Å². The molecule has 0 bridgehead atoms. The zero-order chi connectivity index (χ0) is 13.1. The lowest BCUT2D eigenvalue weighted by Gasteiger charge is -2.22. The summed E-state index contributed by atoms with van der Waals surface area (Å²) in [5, 5.41) is 9.02. The Labute approximate surface area is 106 Å². The van der Waals surface area contributed by atoms with Crippen molar-refractivity contribution in [1.82, 2.24) is 14.3 Å². The number of rotatable bonds is 4. The average molecular weight is 247 g/mol. The third-order valence-corrected chi connectivity index (χ3v) is 3.07. The molecular formula is C13H17N3O2. The molecule has 0 fully saturated rings. The summed E-state index contributed by atoms with van der Waals surface area (Å²) in [6, 6.07) is 5.55. The van der Waals surface area contributed by atoms with Crippen molar-refractivity contribution in [2.45, 2.75) is 19.4 Å². The van der Waals surface area contributed by atoms with E-state index in [-0.39, 0.29) is 25.0 Å². The first-order chi connectivity index (χ1) is 8.61. The molecule has 96 valence electrons. The van der Waals surface area contributed by atoms with Gasteiger partial charge in [-0.25, -0.2) is 4.98 Å². The molecule has 1 N–H and O–H groups in total. The molecule has 2 heterocycles. The van der Waals surface area contributed by atoms with E-state index < -0.39 is 0 Å². The van der Waals surface area contributed by atoms with Crippen molar-refractivity contribution in [2.75, 3.05) is 13.7 Å². The molecule has 0 saturated heterocycles. The Morgan fingerprint density at radius 2 is 2.33 bits per heavy atom. The predicted molar refractivity (Wildman–Crippen MR) is 68.2 cm³/mol. The maximum Gasteiger partial charge on any atom is 0.228 e. The SMILES string of the molecule is CC(CO)N(C)C(=O)Cc1cn2ccccc2n1. The molecule has 1 amide bonds. The lowest BCUT2D eigenvalue weighted by Crippen LogP contribution is -2.38. The monoisotopic (exact) mass is 247 g/mol. The summed E-state index contributed by atoms with van der Waals surface area (Å²) in [5.41, 5.74) is 1.57. The summed E-state index contributed by atoms with van der Waals surface area (Å²) >= 11 is 0. The van der Waals surface area contributed by atoms with Crippen LogP contribution in [0.2, 0.25) is 0 Å². The van der Waals surface area contributed by atoms with Crippen molar-refractivity contribution < 1.29 is 9.90 Å². The van der Waals surface area contributed by atoms with Gasteiger partial charge >= 0.3 is 0 Å². The first kappa shape index (κ1) is 12.6. The van der Waals surface area contributed by atoms with E-state index in [2.05, 4.69) is 4.98 Å². The molecule has 0 aliphatic rings. The topological polar surface area (TPSA) is 57.8 Å². The Kier molecular flexibility index (Phi) is 3.62.